The maximum absolute atomic E-state index is 13.7. The van der Waals surface area contributed by atoms with Crippen molar-refractivity contribution in [1.29, 1.82) is 0 Å². The lowest BCUT2D eigenvalue weighted by Crippen LogP contribution is -1.98. The number of aromatic amines is 1. The standard InChI is InChI=1S/C11H7BrFN5O/c12-5-1-2-8(7(13)3-5)19-10-6-4-15-18-9(6)16-11(14)17-10/h1-4H,(H3,14,15,16,17,18). The van der Waals surface area contributed by atoms with Crippen LogP contribution in [0.4, 0.5) is 10.3 Å². The lowest BCUT2D eigenvalue weighted by atomic mass is 10.3. The number of nitrogens with one attached hydrogen (secondary N) is 1. The van der Waals surface area contributed by atoms with E-state index < -0.39 is 5.82 Å². The summed E-state index contributed by atoms with van der Waals surface area (Å²) >= 11 is 3.17. The summed E-state index contributed by atoms with van der Waals surface area (Å²) in [6.45, 7) is 0. The summed E-state index contributed by atoms with van der Waals surface area (Å²) < 4.78 is 19.8. The molecule has 0 bridgehead atoms. The Morgan fingerprint density at radius 1 is 1.32 bits per heavy atom. The number of hydrogen-bond acceptors (Lipinski definition) is 5. The van der Waals surface area contributed by atoms with Gasteiger partial charge < -0.3 is 10.5 Å². The molecule has 0 aliphatic rings. The quantitative estimate of drug-likeness (QED) is 0.756. The van der Waals surface area contributed by atoms with E-state index in [4.69, 9.17) is 10.5 Å². The molecule has 0 saturated carbocycles. The van der Waals surface area contributed by atoms with Crippen LogP contribution in [0.5, 0.6) is 11.6 Å². The number of ether oxygens (including phenoxy) is 1. The molecule has 3 rings (SSSR count). The largest absolute Gasteiger partial charge is 0.435 e. The maximum Gasteiger partial charge on any atom is 0.235 e. The second-order valence-corrected chi connectivity index (χ2v) is 4.61. The normalized spacial score (nSPS) is 10.8. The van der Waals surface area contributed by atoms with Crippen molar-refractivity contribution in [3.8, 4) is 11.6 Å². The molecule has 2 aromatic heterocycles. The number of anilines is 1. The summed E-state index contributed by atoms with van der Waals surface area (Å²) in [5.41, 5.74) is 5.98. The molecule has 1 aromatic carbocycles. The van der Waals surface area contributed by atoms with Gasteiger partial charge in [-0.25, -0.2) is 4.39 Å². The minimum atomic E-state index is -0.511. The number of H-pyrrole nitrogens is 1. The summed E-state index contributed by atoms with van der Waals surface area (Å²) in [6, 6.07) is 4.45. The van der Waals surface area contributed by atoms with Crippen molar-refractivity contribution >= 4 is 32.9 Å². The Morgan fingerprint density at radius 2 is 2.16 bits per heavy atom. The Labute approximate surface area is 114 Å². The molecule has 0 aliphatic carbocycles. The fraction of sp³-hybridized carbons (Fsp3) is 0. The first-order valence-corrected chi connectivity index (χ1v) is 6.02. The van der Waals surface area contributed by atoms with Crippen molar-refractivity contribution in [2.45, 2.75) is 0 Å². The first-order valence-electron chi connectivity index (χ1n) is 5.23. The van der Waals surface area contributed by atoms with Gasteiger partial charge in [-0.3, -0.25) is 5.10 Å². The minimum Gasteiger partial charge on any atom is -0.435 e. The van der Waals surface area contributed by atoms with E-state index in [0.717, 1.165) is 0 Å². The zero-order valence-electron chi connectivity index (χ0n) is 9.39. The number of fused-ring (bicyclic) bond motifs is 1. The van der Waals surface area contributed by atoms with Gasteiger partial charge in [-0.05, 0) is 18.2 Å². The number of aromatic nitrogens is 4. The van der Waals surface area contributed by atoms with Crippen LogP contribution >= 0.6 is 15.9 Å². The van der Waals surface area contributed by atoms with Gasteiger partial charge >= 0.3 is 0 Å². The summed E-state index contributed by atoms with van der Waals surface area (Å²) in [4.78, 5) is 7.88. The number of nitrogens with zero attached hydrogens (tertiary/aromatic N) is 3. The third kappa shape index (κ3) is 2.22. The average molecular weight is 324 g/mol. The molecule has 0 radical (unpaired) electrons. The molecular formula is C11H7BrFN5O. The molecule has 0 amide bonds. The molecule has 96 valence electrons. The predicted octanol–water partition coefficient (Wildman–Crippen LogP) is 2.63. The highest BCUT2D eigenvalue weighted by molar-refractivity contribution is 9.10. The van der Waals surface area contributed by atoms with Crippen molar-refractivity contribution in [1.82, 2.24) is 20.2 Å². The molecule has 2 heterocycles. The van der Waals surface area contributed by atoms with E-state index in [1.807, 2.05) is 0 Å². The molecule has 6 nitrogen and oxygen atoms in total. The Hall–Kier alpha value is -2.22. The first kappa shape index (κ1) is 11.8. The summed E-state index contributed by atoms with van der Waals surface area (Å²) in [5.74, 6) is -0.297. The van der Waals surface area contributed by atoms with Gasteiger partial charge in [-0.2, -0.15) is 15.1 Å². The second kappa shape index (κ2) is 4.47. The van der Waals surface area contributed by atoms with Gasteiger partial charge in [-0.15, -0.1) is 0 Å². The third-order valence-electron chi connectivity index (χ3n) is 2.39. The van der Waals surface area contributed by atoms with Crippen molar-refractivity contribution in [3.63, 3.8) is 0 Å². The van der Waals surface area contributed by atoms with E-state index in [1.54, 1.807) is 6.07 Å². The summed E-state index contributed by atoms with van der Waals surface area (Å²) in [5, 5.41) is 6.99. The maximum atomic E-state index is 13.7. The first-order chi connectivity index (χ1) is 9.13. The molecule has 0 fully saturated rings. The average Bonchev–Trinajstić information content (AvgIpc) is 2.80. The highest BCUT2D eigenvalue weighted by atomic mass is 79.9. The van der Waals surface area contributed by atoms with Crippen molar-refractivity contribution < 1.29 is 9.13 Å². The number of rotatable bonds is 2. The van der Waals surface area contributed by atoms with Gasteiger partial charge in [0, 0.05) is 4.47 Å². The molecule has 0 atom stereocenters. The fourth-order valence-corrected chi connectivity index (χ4v) is 1.90. The van der Waals surface area contributed by atoms with Gasteiger partial charge in [-0.1, -0.05) is 15.9 Å². The van der Waals surface area contributed by atoms with Crippen molar-refractivity contribution in [2.75, 3.05) is 5.73 Å². The number of benzene rings is 1. The molecule has 0 aliphatic heterocycles. The summed E-state index contributed by atoms with van der Waals surface area (Å²) in [7, 11) is 0. The molecule has 3 N–H and O–H groups in total. The van der Waals surface area contributed by atoms with E-state index in [1.165, 1.54) is 18.3 Å². The van der Waals surface area contributed by atoms with Crippen molar-refractivity contribution in [3.05, 3.63) is 34.7 Å². The number of halogens is 2. The van der Waals surface area contributed by atoms with Crippen LogP contribution in [0.1, 0.15) is 0 Å². The van der Waals surface area contributed by atoms with Gasteiger partial charge in [0.2, 0.25) is 11.8 Å². The highest BCUT2D eigenvalue weighted by Gasteiger charge is 2.12. The molecule has 0 saturated heterocycles. The van der Waals surface area contributed by atoms with Crippen LogP contribution in [0.25, 0.3) is 11.0 Å². The Kier molecular flexibility index (Phi) is 2.79. The zero-order valence-corrected chi connectivity index (χ0v) is 11.0. The molecular weight excluding hydrogens is 317 g/mol. The molecule has 0 unspecified atom stereocenters. The van der Waals surface area contributed by atoms with Crippen molar-refractivity contribution in [2.24, 2.45) is 0 Å². The van der Waals surface area contributed by atoms with Gasteiger partial charge in [0.1, 0.15) is 5.39 Å². The van der Waals surface area contributed by atoms with Crippen LogP contribution in [-0.2, 0) is 0 Å². The number of nitrogen functional groups attached to an aromatic ring is 1. The van der Waals surface area contributed by atoms with Gasteiger partial charge in [0.25, 0.3) is 0 Å². The van der Waals surface area contributed by atoms with Gasteiger partial charge in [0.15, 0.2) is 17.2 Å². The van der Waals surface area contributed by atoms with E-state index in [0.29, 0.717) is 15.5 Å². The van der Waals surface area contributed by atoms with Crippen LogP contribution in [-0.4, -0.2) is 20.2 Å². The lowest BCUT2D eigenvalue weighted by molar-refractivity contribution is 0.432. The topological polar surface area (TPSA) is 89.7 Å². The van der Waals surface area contributed by atoms with E-state index in [2.05, 4.69) is 36.1 Å². The van der Waals surface area contributed by atoms with Crippen LogP contribution in [0.2, 0.25) is 0 Å². The van der Waals surface area contributed by atoms with E-state index in [-0.39, 0.29) is 17.6 Å². The van der Waals surface area contributed by atoms with Crippen LogP contribution < -0.4 is 10.5 Å². The Bertz CT molecular complexity index is 760. The number of hydrogen-bond donors (Lipinski definition) is 2. The predicted molar refractivity (Wildman–Crippen MR) is 70.3 cm³/mol. The monoisotopic (exact) mass is 323 g/mol. The van der Waals surface area contributed by atoms with Crippen LogP contribution in [0.15, 0.2) is 28.9 Å². The smallest absolute Gasteiger partial charge is 0.235 e. The minimum absolute atomic E-state index is 0.0178. The Balaban J connectivity index is 2.07. The van der Waals surface area contributed by atoms with Crippen LogP contribution in [0.3, 0.4) is 0 Å². The van der Waals surface area contributed by atoms with Gasteiger partial charge in [0.05, 0.1) is 6.20 Å². The Morgan fingerprint density at radius 3 is 2.95 bits per heavy atom. The zero-order chi connectivity index (χ0) is 13.4. The molecule has 8 heteroatoms. The summed E-state index contributed by atoms with van der Waals surface area (Å²) in [6.07, 6.45) is 1.49. The molecule has 3 aromatic rings. The third-order valence-corrected chi connectivity index (χ3v) is 2.89. The highest BCUT2D eigenvalue weighted by Crippen LogP contribution is 2.29. The fourth-order valence-electron chi connectivity index (χ4n) is 1.56. The van der Waals surface area contributed by atoms with Crippen LogP contribution in [0, 0.1) is 5.82 Å². The SMILES string of the molecule is Nc1nc(Oc2ccc(Br)cc2F)c2cn[nH]c2n1. The number of nitrogens with two attached hydrogens (primary N) is 1. The molecule has 19 heavy (non-hydrogen) atoms. The second-order valence-electron chi connectivity index (χ2n) is 3.70. The lowest BCUT2D eigenvalue weighted by Gasteiger charge is -2.07. The van der Waals surface area contributed by atoms with E-state index in [9.17, 15) is 4.39 Å². The van der Waals surface area contributed by atoms with E-state index >= 15 is 0 Å². The molecule has 0 spiro atoms.